The number of aliphatic hydroxyl groups excluding tert-OH is 1. The summed E-state index contributed by atoms with van der Waals surface area (Å²) in [6.45, 7) is 12.4. The van der Waals surface area contributed by atoms with Crippen molar-refractivity contribution in [1.82, 2.24) is 5.32 Å². The summed E-state index contributed by atoms with van der Waals surface area (Å²) in [6, 6.07) is 0.210. The summed E-state index contributed by atoms with van der Waals surface area (Å²) < 4.78 is 5.18. The molecule has 0 amide bonds. The van der Waals surface area contributed by atoms with Crippen molar-refractivity contribution < 1.29 is 14.6 Å². The van der Waals surface area contributed by atoms with Gasteiger partial charge in [0.25, 0.3) is 0 Å². The number of nitrogens with one attached hydrogen (secondary N) is 1. The van der Waals surface area contributed by atoms with Gasteiger partial charge in [0.05, 0.1) is 13.2 Å². The Morgan fingerprint density at radius 1 is 1.32 bits per heavy atom. The van der Waals surface area contributed by atoms with Gasteiger partial charge in [-0.05, 0) is 34.1 Å². The van der Waals surface area contributed by atoms with Crippen molar-refractivity contribution in [3.05, 3.63) is 0 Å². The molecule has 3 unspecified atom stereocenters. The summed E-state index contributed by atoms with van der Waals surface area (Å²) in [5.41, 5.74) is -0.675. The van der Waals surface area contributed by atoms with Gasteiger partial charge in [0.15, 0.2) is 0 Å². The molecule has 0 spiro atoms. The zero-order valence-corrected chi connectivity index (χ0v) is 13.8. The van der Waals surface area contributed by atoms with Crippen LogP contribution in [0.3, 0.4) is 0 Å². The minimum Gasteiger partial charge on any atom is -0.465 e. The Kier molecular flexibility index (Phi) is 8.70. The molecule has 0 aliphatic heterocycles. The third-order valence-corrected chi connectivity index (χ3v) is 4.00. The first-order valence-corrected chi connectivity index (χ1v) is 7.90. The molecule has 0 aromatic carbocycles. The Balaban J connectivity index is 4.70. The molecule has 114 valence electrons. The van der Waals surface area contributed by atoms with Gasteiger partial charge in [-0.15, -0.1) is 0 Å². The van der Waals surface area contributed by atoms with Crippen molar-refractivity contribution >= 4 is 17.7 Å². The predicted molar refractivity (Wildman–Crippen MR) is 81.5 cm³/mol. The zero-order valence-electron chi connectivity index (χ0n) is 13.0. The Hall–Kier alpha value is -0.260. The van der Waals surface area contributed by atoms with E-state index in [2.05, 4.69) is 12.2 Å². The van der Waals surface area contributed by atoms with Crippen molar-refractivity contribution in [3.63, 3.8) is 0 Å². The number of aliphatic hydroxyl groups is 1. The van der Waals surface area contributed by atoms with Crippen LogP contribution in [0.15, 0.2) is 0 Å². The summed E-state index contributed by atoms with van der Waals surface area (Å²) >= 11 is 1.69. The van der Waals surface area contributed by atoms with E-state index in [1.54, 1.807) is 11.8 Å². The minimum absolute atomic E-state index is 0.155. The maximum atomic E-state index is 12.1. The minimum atomic E-state index is -0.675. The highest BCUT2D eigenvalue weighted by atomic mass is 32.2. The van der Waals surface area contributed by atoms with Crippen molar-refractivity contribution in [3.8, 4) is 0 Å². The van der Waals surface area contributed by atoms with Crippen LogP contribution in [-0.2, 0) is 9.53 Å². The number of thioether (sulfide) groups is 1. The quantitative estimate of drug-likeness (QED) is 0.638. The lowest BCUT2D eigenvalue weighted by molar-refractivity contribution is -0.151. The molecule has 0 aromatic rings. The predicted octanol–water partition coefficient (Wildman–Crippen LogP) is 2.20. The fourth-order valence-electron chi connectivity index (χ4n) is 2.19. The standard InChI is InChI=1S/C14H29NO3S/c1-7-18-13(17)14(6,15-10(2)3)8-11(4)19-12(5)9-16/h10-12,15-16H,7-9H2,1-6H3. The molecule has 5 heteroatoms. The molecule has 2 N–H and O–H groups in total. The molecule has 0 heterocycles. The summed E-state index contributed by atoms with van der Waals surface area (Å²) in [7, 11) is 0. The smallest absolute Gasteiger partial charge is 0.326 e. The first-order chi connectivity index (χ1) is 8.75. The van der Waals surface area contributed by atoms with Gasteiger partial charge >= 0.3 is 5.97 Å². The first kappa shape index (κ1) is 18.7. The monoisotopic (exact) mass is 291 g/mol. The number of rotatable bonds is 9. The van der Waals surface area contributed by atoms with Crippen LogP contribution >= 0.6 is 11.8 Å². The number of hydrogen-bond donors (Lipinski definition) is 2. The first-order valence-electron chi connectivity index (χ1n) is 6.96. The highest BCUT2D eigenvalue weighted by Crippen LogP contribution is 2.26. The molecule has 0 radical (unpaired) electrons. The van der Waals surface area contributed by atoms with Crippen LogP contribution in [0.5, 0.6) is 0 Å². The van der Waals surface area contributed by atoms with E-state index in [-0.39, 0.29) is 29.1 Å². The number of hydrogen-bond acceptors (Lipinski definition) is 5. The summed E-state index contributed by atoms with van der Waals surface area (Å²) in [6.07, 6.45) is 0.680. The molecule has 4 nitrogen and oxygen atoms in total. The topological polar surface area (TPSA) is 58.6 Å². The Morgan fingerprint density at radius 3 is 2.32 bits per heavy atom. The number of ether oxygens (including phenoxy) is 1. The largest absolute Gasteiger partial charge is 0.465 e. The summed E-state index contributed by atoms with van der Waals surface area (Å²) in [5, 5.41) is 12.9. The van der Waals surface area contributed by atoms with Crippen LogP contribution in [-0.4, -0.2) is 46.4 Å². The van der Waals surface area contributed by atoms with Gasteiger partial charge < -0.3 is 9.84 Å². The van der Waals surface area contributed by atoms with Gasteiger partial charge in [0, 0.05) is 16.5 Å². The lowest BCUT2D eigenvalue weighted by Crippen LogP contribution is -2.54. The Morgan fingerprint density at radius 2 is 1.89 bits per heavy atom. The second-order valence-corrected chi connectivity index (χ2v) is 7.38. The number of esters is 1. The highest BCUT2D eigenvalue weighted by Gasteiger charge is 2.36. The molecular formula is C14H29NO3S. The van der Waals surface area contributed by atoms with E-state index in [1.165, 1.54) is 0 Å². The molecule has 0 bridgehead atoms. The molecule has 0 rings (SSSR count). The van der Waals surface area contributed by atoms with Gasteiger partial charge in [0.2, 0.25) is 0 Å². The van der Waals surface area contributed by atoms with E-state index in [1.807, 2.05) is 34.6 Å². The van der Waals surface area contributed by atoms with E-state index >= 15 is 0 Å². The normalized spacial score (nSPS) is 17.9. The molecule has 0 fully saturated rings. The lowest BCUT2D eigenvalue weighted by atomic mass is 9.95. The van der Waals surface area contributed by atoms with E-state index in [0.29, 0.717) is 13.0 Å². The van der Waals surface area contributed by atoms with Gasteiger partial charge in [-0.3, -0.25) is 10.1 Å². The van der Waals surface area contributed by atoms with Crippen LogP contribution in [0, 0.1) is 0 Å². The van der Waals surface area contributed by atoms with Gasteiger partial charge in [-0.25, -0.2) is 0 Å². The average molecular weight is 291 g/mol. The number of carbonyl (C=O) groups is 1. The highest BCUT2D eigenvalue weighted by molar-refractivity contribution is 8.00. The fraction of sp³-hybridized carbons (Fsp3) is 0.929. The van der Waals surface area contributed by atoms with Crippen LogP contribution in [0.25, 0.3) is 0 Å². The third-order valence-electron chi connectivity index (χ3n) is 2.75. The Labute approximate surface area is 121 Å². The van der Waals surface area contributed by atoms with Crippen molar-refractivity contribution in [2.75, 3.05) is 13.2 Å². The molecule has 3 atom stereocenters. The third kappa shape index (κ3) is 7.18. The molecule has 19 heavy (non-hydrogen) atoms. The van der Waals surface area contributed by atoms with E-state index < -0.39 is 5.54 Å². The van der Waals surface area contributed by atoms with Crippen molar-refractivity contribution in [2.45, 2.75) is 70.0 Å². The maximum Gasteiger partial charge on any atom is 0.326 e. The Bertz CT molecular complexity index is 273. The van der Waals surface area contributed by atoms with Crippen molar-refractivity contribution in [2.24, 2.45) is 0 Å². The van der Waals surface area contributed by atoms with E-state index in [9.17, 15) is 4.79 Å². The molecule has 0 saturated heterocycles. The fourth-order valence-corrected chi connectivity index (χ4v) is 3.50. The van der Waals surface area contributed by atoms with Crippen LogP contribution in [0.4, 0.5) is 0 Å². The number of carbonyl (C=O) groups excluding carboxylic acids is 1. The van der Waals surface area contributed by atoms with Gasteiger partial charge in [-0.1, -0.05) is 13.8 Å². The zero-order chi connectivity index (χ0) is 15.1. The van der Waals surface area contributed by atoms with E-state index in [0.717, 1.165) is 0 Å². The SMILES string of the molecule is CCOC(=O)C(C)(CC(C)SC(C)CO)NC(C)C. The molecule has 0 aromatic heterocycles. The van der Waals surface area contributed by atoms with Crippen LogP contribution < -0.4 is 5.32 Å². The van der Waals surface area contributed by atoms with Gasteiger partial charge in [0.1, 0.15) is 5.54 Å². The molecule has 0 aliphatic carbocycles. The summed E-state index contributed by atoms with van der Waals surface area (Å²) in [4.78, 5) is 12.1. The van der Waals surface area contributed by atoms with E-state index in [4.69, 9.17) is 9.84 Å². The second kappa shape index (κ2) is 8.82. The van der Waals surface area contributed by atoms with Crippen LogP contribution in [0.2, 0.25) is 0 Å². The molecule has 0 saturated carbocycles. The molecule has 0 aliphatic rings. The average Bonchev–Trinajstić information content (AvgIpc) is 2.27. The van der Waals surface area contributed by atoms with Crippen molar-refractivity contribution in [1.29, 1.82) is 0 Å². The maximum absolute atomic E-state index is 12.1. The second-order valence-electron chi connectivity index (χ2n) is 5.50. The van der Waals surface area contributed by atoms with Gasteiger partial charge in [-0.2, -0.15) is 11.8 Å². The summed E-state index contributed by atoms with van der Waals surface area (Å²) in [5.74, 6) is -0.201. The van der Waals surface area contributed by atoms with Crippen LogP contribution in [0.1, 0.15) is 48.0 Å². The molecular weight excluding hydrogens is 262 g/mol. The lowest BCUT2D eigenvalue weighted by Gasteiger charge is -2.33.